The van der Waals surface area contributed by atoms with E-state index < -0.39 is 0 Å². The van der Waals surface area contributed by atoms with Crippen LogP contribution >= 0.6 is 0 Å². The highest BCUT2D eigenvalue weighted by molar-refractivity contribution is 5.66. The molecular formula is C22H25N5. The second kappa shape index (κ2) is 7.35. The van der Waals surface area contributed by atoms with Crippen molar-refractivity contribution < 1.29 is 0 Å². The van der Waals surface area contributed by atoms with Crippen molar-refractivity contribution in [3.05, 3.63) is 65.2 Å². The maximum absolute atomic E-state index is 4.90. The highest BCUT2D eigenvalue weighted by Gasteiger charge is 2.25. The number of aromatic nitrogens is 4. The first-order chi connectivity index (χ1) is 13.1. The lowest BCUT2D eigenvalue weighted by Crippen LogP contribution is -2.20. The van der Waals surface area contributed by atoms with Gasteiger partial charge in [-0.1, -0.05) is 23.8 Å². The first-order valence-corrected chi connectivity index (χ1v) is 9.42. The van der Waals surface area contributed by atoms with E-state index in [0.717, 1.165) is 36.6 Å². The number of H-pyrrole nitrogens is 1. The molecule has 1 aliphatic heterocycles. The van der Waals surface area contributed by atoms with Crippen molar-refractivity contribution in [2.45, 2.75) is 33.1 Å². The van der Waals surface area contributed by atoms with Crippen LogP contribution in [-0.4, -0.2) is 33.3 Å². The largest absolute Gasteiger partial charge is 0.355 e. The highest BCUT2D eigenvalue weighted by atomic mass is 15.2. The van der Waals surface area contributed by atoms with Gasteiger partial charge in [-0.2, -0.15) is 5.10 Å². The lowest BCUT2D eigenvalue weighted by atomic mass is 10.0. The van der Waals surface area contributed by atoms with E-state index >= 15 is 0 Å². The molecule has 0 amide bonds. The molecule has 1 fully saturated rings. The molecule has 5 heteroatoms. The SMILES string of the molecule is CC(C)=Cc1ccc(-c2cncc(N3CCC(c4cn[nH]c4)C3)n2)cc1C. The summed E-state index contributed by atoms with van der Waals surface area (Å²) in [5.41, 5.74) is 7.11. The second-order valence-electron chi connectivity index (χ2n) is 7.52. The molecule has 0 saturated carbocycles. The summed E-state index contributed by atoms with van der Waals surface area (Å²) in [6.07, 6.45) is 11.0. The van der Waals surface area contributed by atoms with Gasteiger partial charge in [-0.25, -0.2) is 4.98 Å². The molecule has 5 nitrogen and oxygen atoms in total. The Hall–Kier alpha value is -2.95. The maximum atomic E-state index is 4.90. The Kier molecular flexibility index (Phi) is 4.75. The van der Waals surface area contributed by atoms with Crippen LogP contribution in [0.25, 0.3) is 17.3 Å². The smallest absolute Gasteiger partial charge is 0.147 e. The van der Waals surface area contributed by atoms with E-state index in [1.54, 1.807) is 0 Å². The van der Waals surface area contributed by atoms with Crippen LogP contribution in [0.15, 0.2) is 48.6 Å². The summed E-state index contributed by atoms with van der Waals surface area (Å²) in [4.78, 5) is 11.7. The van der Waals surface area contributed by atoms with Crippen molar-refractivity contribution >= 4 is 11.9 Å². The van der Waals surface area contributed by atoms with Gasteiger partial charge in [0.2, 0.25) is 0 Å². The molecule has 1 atom stereocenters. The van der Waals surface area contributed by atoms with Gasteiger partial charge in [-0.3, -0.25) is 10.1 Å². The lowest BCUT2D eigenvalue weighted by molar-refractivity contribution is 0.775. The molecule has 3 heterocycles. The van der Waals surface area contributed by atoms with E-state index in [2.05, 4.69) is 65.1 Å². The van der Waals surface area contributed by atoms with Gasteiger partial charge in [0.15, 0.2) is 0 Å². The third-order valence-corrected chi connectivity index (χ3v) is 5.13. The van der Waals surface area contributed by atoms with Crippen LogP contribution in [0.5, 0.6) is 0 Å². The number of nitrogens with one attached hydrogen (secondary N) is 1. The lowest BCUT2D eigenvalue weighted by Gasteiger charge is -2.17. The molecule has 0 radical (unpaired) electrons. The van der Waals surface area contributed by atoms with Crippen LogP contribution in [0.1, 0.15) is 42.9 Å². The van der Waals surface area contributed by atoms with Crippen molar-refractivity contribution in [3.8, 4) is 11.3 Å². The minimum Gasteiger partial charge on any atom is -0.355 e. The fourth-order valence-electron chi connectivity index (χ4n) is 3.68. The second-order valence-corrected chi connectivity index (χ2v) is 7.52. The fraction of sp³-hybridized carbons (Fsp3) is 0.318. The van der Waals surface area contributed by atoms with E-state index in [1.807, 2.05) is 24.8 Å². The Morgan fingerprint density at radius 2 is 2.11 bits per heavy atom. The summed E-state index contributed by atoms with van der Waals surface area (Å²) in [6.45, 7) is 8.33. The van der Waals surface area contributed by atoms with E-state index in [4.69, 9.17) is 4.98 Å². The quantitative estimate of drug-likeness (QED) is 0.740. The van der Waals surface area contributed by atoms with Crippen molar-refractivity contribution in [1.82, 2.24) is 20.2 Å². The molecule has 0 spiro atoms. The Bertz CT molecular complexity index is 955. The monoisotopic (exact) mass is 359 g/mol. The van der Waals surface area contributed by atoms with Gasteiger partial charge >= 0.3 is 0 Å². The van der Waals surface area contributed by atoms with Crippen LogP contribution in [0.2, 0.25) is 0 Å². The molecule has 4 rings (SSSR count). The minimum atomic E-state index is 0.500. The summed E-state index contributed by atoms with van der Waals surface area (Å²) in [5.74, 6) is 1.45. The standard InChI is InChI=1S/C22H25N5/c1-15(2)8-17-4-5-18(9-16(17)3)21-12-23-13-22(26-21)27-7-6-19(14-27)20-10-24-25-11-20/h4-5,8-13,19H,6-7,14H2,1-3H3,(H,24,25). The zero-order valence-electron chi connectivity index (χ0n) is 16.1. The molecule has 3 aromatic rings. The third kappa shape index (κ3) is 3.77. The molecule has 1 saturated heterocycles. The van der Waals surface area contributed by atoms with Gasteiger partial charge in [-0.05, 0) is 49.9 Å². The van der Waals surface area contributed by atoms with Crippen LogP contribution in [0, 0.1) is 6.92 Å². The highest BCUT2D eigenvalue weighted by Crippen LogP contribution is 2.30. The van der Waals surface area contributed by atoms with Crippen molar-refractivity contribution in [1.29, 1.82) is 0 Å². The zero-order chi connectivity index (χ0) is 18.8. The predicted molar refractivity (Wildman–Crippen MR) is 110 cm³/mol. The van der Waals surface area contributed by atoms with Crippen LogP contribution < -0.4 is 4.90 Å². The Morgan fingerprint density at radius 1 is 1.22 bits per heavy atom. The molecule has 2 aromatic heterocycles. The summed E-state index contributed by atoms with van der Waals surface area (Å²) < 4.78 is 0. The summed E-state index contributed by atoms with van der Waals surface area (Å²) >= 11 is 0. The van der Waals surface area contributed by atoms with Crippen LogP contribution in [-0.2, 0) is 0 Å². The van der Waals surface area contributed by atoms with Gasteiger partial charge in [-0.15, -0.1) is 0 Å². The first kappa shape index (κ1) is 17.5. The number of benzene rings is 1. The molecule has 1 aliphatic rings. The average Bonchev–Trinajstić information content (AvgIpc) is 3.35. The molecule has 0 aliphatic carbocycles. The molecular weight excluding hydrogens is 334 g/mol. The summed E-state index contributed by atoms with van der Waals surface area (Å²) in [5, 5.41) is 6.99. The zero-order valence-corrected chi connectivity index (χ0v) is 16.1. The number of anilines is 1. The number of nitrogens with zero attached hydrogens (tertiary/aromatic N) is 4. The number of aromatic amines is 1. The number of rotatable bonds is 4. The van der Waals surface area contributed by atoms with Crippen molar-refractivity contribution in [2.24, 2.45) is 0 Å². The summed E-state index contributed by atoms with van der Waals surface area (Å²) in [7, 11) is 0. The minimum absolute atomic E-state index is 0.500. The molecule has 27 heavy (non-hydrogen) atoms. The Morgan fingerprint density at radius 3 is 2.85 bits per heavy atom. The molecule has 1 unspecified atom stereocenters. The summed E-state index contributed by atoms with van der Waals surface area (Å²) in [6, 6.07) is 6.49. The van der Waals surface area contributed by atoms with Gasteiger partial charge < -0.3 is 4.90 Å². The van der Waals surface area contributed by atoms with Gasteiger partial charge in [0.25, 0.3) is 0 Å². The van der Waals surface area contributed by atoms with Gasteiger partial charge in [0, 0.05) is 30.8 Å². The van der Waals surface area contributed by atoms with Crippen LogP contribution in [0.3, 0.4) is 0 Å². The maximum Gasteiger partial charge on any atom is 0.147 e. The van der Waals surface area contributed by atoms with Crippen molar-refractivity contribution in [2.75, 3.05) is 18.0 Å². The number of hydrogen-bond donors (Lipinski definition) is 1. The first-order valence-electron chi connectivity index (χ1n) is 9.42. The average molecular weight is 359 g/mol. The molecule has 1 N–H and O–H groups in total. The van der Waals surface area contributed by atoms with E-state index in [0.29, 0.717) is 5.92 Å². The normalized spacial score (nSPS) is 16.6. The molecule has 1 aromatic carbocycles. The Balaban J connectivity index is 1.56. The van der Waals surface area contributed by atoms with Crippen LogP contribution in [0.4, 0.5) is 5.82 Å². The topological polar surface area (TPSA) is 57.7 Å². The van der Waals surface area contributed by atoms with E-state index in [1.165, 1.54) is 22.3 Å². The Labute approximate surface area is 160 Å². The molecule has 0 bridgehead atoms. The third-order valence-electron chi connectivity index (χ3n) is 5.13. The van der Waals surface area contributed by atoms with Gasteiger partial charge in [0.1, 0.15) is 5.82 Å². The van der Waals surface area contributed by atoms with Gasteiger partial charge in [0.05, 0.1) is 24.3 Å². The number of aryl methyl sites for hydroxylation is 1. The number of hydrogen-bond acceptors (Lipinski definition) is 4. The predicted octanol–water partition coefficient (Wildman–Crippen LogP) is 4.59. The fourth-order valence-corrected chi connectivity index (χ4v) is 3.68. The number of allylic oxidation sites excluding steroid dienone is 1. The molecule has 138 valence electrons. The van der Waals surface area contributed by atoms with E-state index in [9.17, 15) is 0 Å². The van der Waals surface area contributed by atoms with E-state index in [-0.39, 0.29) is 0 Å². The van der Waals surface area contributed by atoms with Crippen molar-refractivity contribution in [3.63, 3.8) is 0 Å².